The molecule has 1 atom stereocenters. The average molecular weight is 198 g/mol. The van der Waals surface area contributed by atoms with Crippen LogP contribution in [-0.4, -0.2) is 41.3 Å². The monoisotopic (exact) mass is 198 g/mol. The molecule has 0 spiro atoms. The Morgan fingerprint density at radius 1 is 1.50 bits per heavy atom. The SMILES string of the molecule is CCCC1C(=O)N(C)C(=O)[N+](C)=C1N. The molecular formula is C9H16N3O2+. The number of amidine groups is 1. The van der Waals surface area contributed by atoms with Gasteiger partial charge in [-0.15, -0.1) is 0 Å². The summed E-state index contributed by atoms with van der Waals surface area (Å²) in [5, 5.41) is 0. The van der Waals surface area contributed by atoms with E-state index in [1.165, 1.54) is 11.6 Å². The molecule has 1 unspecified atom stereocenters. The minimum Gasteiger partial charge on any atom is -0.321 e. The Hall–Kier alpha value is -1.39. The van der Waals surface area contributed by atoms with E-state index in [1.807, 2.05) is 6.92 Å². The van der Waals surface area contributed by atoms with Gasteiger partial charge in [0, 0.05) is 0 Å². The number of carbonyl (C=O) groups is 2. The van der Waals surface area contributed by atoms with Gasteiger partial charge in [0.25, 0.3) is 5.91 Å². The second-order valence-corrected chi connectivity index (χ2v) is 3.50. The maximum atomic E-state index is 11.7. The van der Waals surface area contributed by atoms with Crippen molar-refractivity contribution in [3.05, 3.63) is 0 Å². The van der Waals surface area contributed by atoms with Gasteiger partial charge in [0.2, 0.25) is 5.84 Å². The maximum Gasteiger partial charge on any atom is 0.445 e. The fraction of sp³-hybridized carbons (Fsp3) is 0.667. The summed E-state index contributed by atoms with van der Waals surface area (Å²) in [6.45, 7) is 1.98. The van der Waals surface area contributed by atoms with Crippen LogP contribution in [0.1, 0.15) is 19.8 Å². The van der Waals surface area contributed by atoms with Gasteiger partial charge in [-0.25, -0.2) is 9.37 Å². The Labute approximate surface area is 83.2 Å². The summed E-state index contributed by atoms with van der Waals surface area (Å²) in [5.74, 6) is -0.180. The number of nitrogens with zero attached hydrogens (tertiary/aromatic N) is 2. The molecule has 0 aliphatic carbocycles. The lowest BCUT2D eigenvalue weighted by molar-refractivity contribution is -0.408. The van der Waals surface area contributed by atoms with Crippen LogP contribution in [0, 0.1) is 5.92 Å². The number of carbonyl (C=O) groups excluding carboxylic acids is 2. The van der Waals surface area contributed by atoms with Crippen molar-refractivity contribution in [2.24, 2.45) is 11.7 Å². The number of hydrogen-bond donors (Lipinski definition) is 1. The summed E-state index contributed by atoms with van der Waals surface area (Å²) in [7, 11) is 3.07. The Bertz CT molecular complexity index is 309. The molecule has 0 aromatic carbocycles. The molecule has 0 saturated heterocycles. The van der Waals surface area contributed by atoms with Crippen LogP contribution in [0.2, 0.25) is 0 Å². The van der Waals surface area contributed by atoms with Crippen LogP contribution in [0.5, 0.6) is 0 Å². The van der Waals surface area contributed by atoms with Crippen molar-refractivity contribution in [3.8, 4) is 0 Å². The highest BCUT2D eigenvalue weighted by atomic mass is 16.2. The van der Waals surface area contributed by atoms with E-state index in [2.05, 4.69) is 0 Å². The number of rotatable bonds is 2. The number of amides is 3. The van der Waals surface area contributed by atoms with Gasteiger partial charge in [-0.3, -0.25) is 4.79 Å². The summed E-state index contributed by atoms with van der Waals surface area (Å²) < 4.78 is 1.34. The molecule has 0 bridgehead atoms. The third-order valence-electron chi connectivity index (χ3n) is 2.52. The lowest BCUT2D eigenvalue weighted by atomic mass is 9.99. The van der Waals surface area contributed by atoms with E-state index in [9.17, 15) is 9.59 Å². The number of imide groups is 1. The van der Waals surface area contributed by atoms with E-state index in [0.29, 0.717) is 12.3 Å². The van der Waals surface area contributed by atoms with Gasteiger partial charge in [0.05, 0.1) is 14.1 Å². The molecule has 0 saturated carbocycles. The largest absolute Gasteiger partial charge is 0.445 e. The average Bonchev–Trinajstić information content (AvgIpc) is 2.19. The van der Waals surface area contributed by atoms with Crippen LogP contribution in [0.25, 0.3) is 0 Å². The molecule has 5 nitrogen and oxygen atoms in total. The third kappa shape index (κ3) is 1.49. The third-order valence-corrected chi connectivity index (χ3v) is 2.52. The van der Waals surface area contributed by atoms with Crippen LogP contribution in [0.4, 0.5) is 4.79 Å². The smallest absolute Gasteiger partial charge is 0.321 e. The summed E-state index contributed by atoms with van der Waals surface area (Å²) >= 11 is 0. The number of urea groups is 1. The molecule has 2 N–H and O–H groups in total. The molecule has 5 heteroatoms. The molecule has 1 aliphatic rings. The van der Waals surface area contributed by atoms with Gasteiger partial charge in [-0.1, -0.05) is 13.3 Å². The van der Waals surface area contributed by atoms with Crippen LogP contribution < -0.4 is 5.73 Å². The molecule has 0 radical (unpaired) electrons. The first kappa shape index (κ1) is 10.7. The lowest BCUT2D eigenvalue weighted by Crippen LogP contribution is -2.54. The molecule has 1 heterocycles. The highest BCUT2D eigenvalue weighted by Crippen LogP contribution is 2.14. The van der Waals surface area contributed by atoms with Crippen LogP contribution >= 0.6 is 0 Å². The first-order valence-corrected chi connectivity index (χ1v) is 4.68. The molecule has 0 fully saturated rings. The zero-order chi connectivity index (χ0) is 10.9. The predicted octanol–water partition coefficient (Wildman–Crippen LogP) is -0.00580. The van der Waals surface area contributed by atoms with Crippen molar-refractivity contribution in [3.63, 3.8) is 0 Å². The molecule has 1 rings (SSSR count). The summed E-state index contributed by atoms with van der Waals surface area (Å²) in [4.78, 5) is 24.2. The molecule has 0 aromatic heterocycles. The predicted molar refractivity (Wildman–Crippen MR) is 51.9 cm³/mol. The summed E-state index contributed by atoms with van der Waals surface area (Å²) in [5.41, 5.74) is 5.73. The molecule has 14 heavy (non-hydrogen) atoms. The van der Waals surface area contributed by atoms with E-state index >= 15 is 0 Å². The Balaban J connectivity index is 3.07. The second kappa shape index (κ2) is 3.77. The summed E-state index contributed by atoms with van der Waals surface area (Å²) in [6.07, 6.45) is 1.56. The van der Waals surface area contributed by atoms with Crippen molar-refractivity contribution in [2.75, 3.05) is 14.1 Å². The molecule has 0 aromatic rings. The normalized spacial score (nSPS) is 23.4. The van der Waals surface area contributed by atoms with Crippen molar-refractivity contribution in [2.45, 2.75) is 19.8 Å². The topological polar surface area (TPSA) is 66.4 Å². The first-order chi connectivity index (χ1) is 6.50. The van der Waals surface area contributed by atoms with Crippen molar-refractivity contribution in [1.82, 2.24) is 4.90 Å². The quantitative estimate of drug-likeness (QED) is 0.635. The molecule has 1 aliphatic heterocycles. The van der Waals surface area contributed by atoms with E-state index < -0.39 is 0 Å². The van der Waals surface area contributed by atoms with Crippen LogP contribution in [0.3, 0.4) is 0 Å². The van der Waals surface area contributed by atoms with Crippen LogP contribution in [0.15, 0.2) is 0 Å². The number of hydrogen-bond acceptors (Lipinski definition) is 3. The highest BCUT2D eigenvalue weighted by molar-refractivity contribution is 6.09. The van der Waals surface area contributed by atoms with E-state index in [0.717, 1.165) is 11.3 Å². The van der Waals surface area contributed by atoms with Gasteiger partial charge < -0.3 is 5.73 Å². The summed E-state index contributed by atoms with van der Waals surface area (Å²) in [6, 6.07) is -0.361. The zero-order valence-electron chi connectivity index (χ0n) is 8.78. The minimum absolute atomic E-state index is 0.201. The second-order valence-electron chi connectivity index (χ2n) is 3.50. The van der Waals surface area contributed by atoms with Gasteiger partial charge in [0.1, 0.15) is 5.92 Å². The molecular weight excluding hydrogens is 182 g/mol. The van der Waals surface area contributed by atoms with E-state index in [4.69, 9.17) is 5.73 Å². The zero-order valence-corrected chi connectivity index (χ0v) is 8.78. The lowest BCUT2D eigenvalue weighted by Gasteiger charge is -2.23. The van der Waals surface area contributed by atoms with E-state index in [-0.39, 0.29) is 17.9 Å². The fourth-order valence-corrected chi connectivity index (χ4v) is 1.58. The Kier molecular flexibility index (Phi) is 2.88. The number of nitrogens with two attached hydrogens (primary N) is 1. The minimum atomic E-state index is -0.361. The maximum absolute atomic E-state index is 11.7. The van der Waals surface area contributed by atoms with Crippen molar-refractivity contribution >= 4 is 17.8 Å². The van der Waals surface area contributed by atoms with Crippen LogP contribution in [-0.2, 0) is 4.79 Å². The van der Waals surface area contributed by atoms with Gasteiger partial charge in [-0.05, 0) is 6.42 Å². The van der Waals surface area contributed by atoms with Crippen molar-refractivity contribution < 1.29 is 14.2 Å². The van der Waals surface area contributed by atoms with Gasteiger partial charge in [0.15, 0.2) is 0 Å². The standard InChI is InChI=1S/C9H15N3O2/c1-4-5-6-7(10)11(2)9(14)12(3)8(6)13/h6,10H,4-5H2,1-3H3/p+1. The van der Waals surface area contributed by atoms with E-state index in [1.54, 1.807) is 7.05 Å². The fourth-order valence-electron chi connectivity index (χ4n) is 1.58. The first-order valence-electron chi connectivity index (χ1n) is 4.68. The Morgan fingerprint density at radius 2 is 2.07 bits per heavy atom. The highest BCUT2D eigenvalue weighted by Gasteiger charge is 2.41. The molecule has 3 amide bonds. The molecule has 78 valence electrons. The Morgan fingerprint density at radius 3 is 2.57 bits per heavy atom. The van der Waals surface area contributed by atoms with Gasteiger partial charge >= 0.3 is 6.03 Å². The van der Waals surface area contributed by atoms with Gasteiger partial charge in [-0.2, -0.15) is 4.90 Å². The van der Waals surface area contributed by atoms with Crippen molar-refractivity contribution in [1.29, 1.82) is 0 Å².